The maximum Gasteiger partial charge on any atom is 0.0978 e. The van der Waals surface area contributed by atoms with Crippen molar-refractivity contribution in [2.24, 2.45) is 0 Å². The molecule has 2 heterocycles. The molecule has 2 nitrogen and oxygen atoms in total. The number of fused-ring (bicyclic) bond motifs is 7. The van der Waals surface area contributed by atoms with Crippen molar-refractivity contribution in [1.29, 1.82) is 0 Å². The quantitative estimate of drug-likeness (QED) is 0.172. The summed E-state index contributed by atoms with van der Waals surface area (Å²) in [5.74, 6) is 0. The van der Waals surface area contributed by atoms with E-state index < -0.39 is 0 Å². The van der Waals surface area contributed by atoms with E-state index in [0.29, 0.717) is 0 Å². The van der Waals surface area contributed by atoms with Gasteiger partial charge < -0.3 is 0 Å². The van der Waals surface area contributed by atoms with Crippen LogP contribution >= 0.6 is 0 Å². The fraction of sp³-hybridized carbons (Fsp3) is 0. The predicted molar refractivity (Wildman–Crippen MR) is 229 cm³/mol. The van der Waals surface area contributed by atoms with Crippen molar-refractivity contribution in [3.8, 4) is 44.8 Å². The van der Waals surface area contributed by atoms with E-state index in [4.69, 9.17) is 9.97 Å². The molecule has 11 aromatic rings. The van der Waals surface area contributed by atoms with Crippen molar-refractivity contribution < 1.29 is 0 Å². The summed E-state index contributed by atoms with van der Waals surface area (Å²) in [6.07, 6.45) is 0. The van der Waals surface area contributed by atoms with Gasteiger partial charge in [0.15, 0.2) is 0 Å². The molecule has 0 aliphatic carbocycles. The monoisotopic (exact) mass is 684 g/mol. The van der Waals surface area contributed by atoms with Crippen LogP contribution in [0.4, 0.5) is 0 Å². The van der Waals surface area contributed by atoms with Crippen molar-refractivity contribution >= 4 is 64.9 Å². The summed E-state index contributed by atoms with van der Waals surface area (Å²) >= 11 is 0. The molecule has 0 amide bonds. The van der Waals surface area contributed by atoms with Crippen molar-refractivity contribution in [1.82, 2.24) is 9.97 Å². The number of hydrogen-bond acceptors (Lipinski definition) is 2. The van der Waals surface area contributed by atoms with Gasteiger partial charge in [0, 0.05) is 21.9 Å². The molecule has 0 unspecified atom stereocenters. The molecule has 0 saturated carbocycles. The maximum atomic E-state index is 5.62. The Hall–Kier alpha value is -7.16. The van der Waals surface area contributed by atoms with Crippen LogP contribution in [-0.4, -0.2) is 9.97 Å². The highest BCUT2D eigenvalue weighted by molar-refractivity contribution is 6.17. The highest BCUT2D eigenvalue weighted by atomic mass is 14.8. The Labute approximate surface area is 312 Å². The predicted octanol–water partition coefficient (Wildman–Crippen LogP) is 14.1. The molecule has 0 aliphatic heterocycles. The molecule has 0 atom stereocenters. The first-order chi connectivity index (χ1) is 26.8. The van der Waals surface area contributed by atoms with E-state index in [1.807, 2.05) is 0 Å². The molecule has 0 spiro atoms. The van der Waals surface area contributed by atoms with Gasteiger partial charge in [0.05, 0.1) is 22.4 Å². The summed E-state index contributed by atoms with van der Waals surface area (Å²) in [4.78, 5) is 11.2. The van der Waals surface area contributed by atoms with Crippen LogP contribution in [0.2, 0.25) is 0 Å². The summed E-state index contributed by atoms with van der Waals surface area (Å²) in [6, 6.07) is 69.8. The minimum Gasteiger partial charge on any atom is -0.245 e. The van der Waals surface area contributed by atoms with Crippen molar-refractivity contribution in [3.05, 3.63) is 194 Å². The Morgan fingerprint density at radius 2 is 0.519 bits per heavy atom. The van der Waals surface area contributed by atoms with E-state index in [2.05, 4.69) is 194 Å². The van der Waals surface area contributed by atoms with Gasteiger partial charge >= 0.3 is 0 Å². The zero-order valence-electron chi connectivity index (χ0n) is 29.4. The normalized spacial score (nSPS) is 11.7. The van der Waals surface area contributed by atoms with Crippen LogP contribution in [0.1, 0.15) is 0 Å². The molecule has 11 rings (SSSR count). The highest BCUT2D eigenvalue weighted by Crippen LogP contribution is 2.43. The molecule has 0 bridgehead atoms. The van der Waals surface area contributed by atoms with Crippen LogP contribution < -0.4 is 0 Å². The minimum atomic E-state index is 0.893. The van der Waals surface area contributed by atoms with Gasteiger partial charge in [-0.2, -0.15) is 0 Å². The van der Waals surface area contributed by atoms with Gasteiger partial charge in [-0.1, -0.05) is 182 Å². The van der Waals surface area contributed by atoms with E-state index in [9.17, 15) is 0 Å². The SMILES string of the molecule is c1ccc2c(-c3cc(-c4cccc5ccccc45)c4ccc5c(-c6cccc7ccccc67)cc(-c6cccc7ccccc67)nc5c4n3)cccc2c1. The molecule has 2 heteroatoms. The Morgan fingerprint density at radius 3 is 0.889 bits per heavy atom. The lowest BCUT2D eigenvalue weighted by Gasteiger charge is -2.18. The second-order valence-electron chi connectivity index (χ2n) is 14.1. The molecule has 250 valence electrons. The molecule has 54 heavy (non-hydrogen) atoms. The van der Waals surface area contributed by atoms with Gasteiger partial charge in [-0.25, -0.2) is 9.97 Å². The number of hydrogen-bond donors (Lipinski definition) is 0. The lowest BCUT2D eigenvalue weighted by atomic mass is 9.90. The lowest BCUT2D eigenvalue weighted by Crippen LogP contribution is -1.97. The number of pyridine rings is 2. The largest absolute Gasteiger partial charge is 0.245 e. The lowest BCUT2D eigenvalue weighted by molar-refractivity contribution is 1.37. The van der Waals surface area contributed by atoms with Crippen LogP contribution in [0.3, 0.4) is 0 Å². The van der Waals surface area contributed by atoms with E-state index in [1.54, 1.807) is 0 Å². The van der Waals surface area contributed by atoms with Gasteiger partial charge in [0.1, 0.15) is 0 Å². The van der Waals surface area contributed by atoms with Gasteiger partial charge in [-0.05, 0) is 77.5 Å². The number of aromatic nitrogens is 2. The molecule has 0 aliphatic rings. The second-order valence-corrected chi connectivity index (χ2v) is 14.1. The fourth-order valence-corrected chi connectivity index (χ4v) is 8.51. The third-order valence-corrected chi connectivity index (χ3v) is 11.0. The minimum absolute atomic E-state index is 0.893. The summed E-state index contributed by atoms with van der Waals surface area (Å²) in [5.41, 5.74) is 10.5. The molecule has 0 N–H and O–H groups in total. The molecule has 2 aromatic heterocycles. The first-order valence-electron chi connectivity index (χ1n) is 18.5. The van der Waals surface area contributed by atoms with E-state index in [0.717, 1.165) is 55.4 Å². The summed E-state index contributed by atoms with van der Waals surface area (Å²) < 4.78 is 0. The molecule has 0 fully saturated rings. The fourth-order valence-electron chi connectivity index (χ4n) is 8.51. The summed E-state index contributed by atoms with van der Waals surface area (Å²) in [7, 11) is 0. The summed E-state index contributed by atoms with van der Waals surface area (Å²) in [5, 5.41) is 11.7. The number of rotatable bonds is 4. The third-order valence-electron chi connectivity index (χ3n) is 11.0. The Morgan fingerprint density at radius 1 is 0.222 bits per heavy atom. The first-order valence-corrected chi connectivity index (χ1v) is 18.5. The first kappa shape index (κ1) is 30.5. The van der Waals surface area contributed by atoms with Gasteiger partial charge in [0.25, 0.3) is 0 Å². The molecule has 9 aromatic carbocycles. The second kappa shape index (κ2) is 12.2. The van der Waals surface area contributed by atoms with E-state index >= 15 is 0 Å². The number of benzene rings is 9. The Bertz CT molecular complexity index is 3040. The van der Waals surface area contributed by atoms with E-state index in [-0.39, 0.29) is 0 Å². The van der Waals surface area contributed by atoms with Gasteiger partial charge in [-0.15, -0.1) is 0 Å². The number of nitrogens with zero attached hydrogens (tertiary/aromatic N) is 2. The van der Waals surface area contributed by atoms with Crippen molar-refractivity contribution in [3.63, 3.8) is 0 Å². The van der Waals surface area contributed by atoms with Crippen molar-refractivity contribution in [2.45, 2.75) is 0 Å². The average Bonchev–Trinajstić information content (AvgIpc) is 3.24. The third kappa shape index (κ3) is 4.81. The molecule has 0 saturated heterocycles. The smallest absolute Gasteiger partial charge is 0.0978 e. The van der Waals surface area contributed by atoms with Crippen molar-refractivity contribution in [2.75, 3.05) is 0 Å². The molecule has 0 radical (unpaired) electrons. The van der Waals surface area contributed by atoms with Crippen LogP contribution in [-0.2, 0) is 0 Å². The van der Waals surface area contributed by atoms with Gasteiger partial charge in [0.2, 0.25) is 0 Å². The molecular weight excluding hydrogens is 653 g/mol. The molecular formula is C52H32N2. The summed E-state index contributed by atoms with van der Waals surface area (Å²) in [6.45, 7) is 0. The zero-order chi connectivity index (χ0) is 35.6. The highest BCUT2D eigenvalue weighted by Gasteiger charge is 2.20. The maximum absolute atomic E-state index is 5.62. The van der Waals surface area contributed by atoms with Crippen LogP contribution in [0.5, 0.6) is 0 Å². The van der Waals surface area contributed by atoms with Crippen LogP contribution in [0, 0.1) is 0 Å². The zero-order valence-corrected chi connectivity index (χ0v) is 29.4. The van der Waals surface area contributed by atoms with Gasteiger partial charge in [-0.3, -0.25) is 0 Å². The Kier molecular flexibility index (Phi) is 6.90. The Balaban J connectivity index is 1.31. The van der Waals surface area contributed by atoms with E-state index in [1.165, 1.54) is 54.2 Å². The van der Waals surface area contributed by atoms with Crippen LogP contribution in [0.15, 0.2) is 194 Å². The average molecular weight is 685 g/mol. The topological polar surface area (TPSA) is 25.8 Å². The standard InChI is InChI=1S/C52H32N2/c1-5-21-37-33(13-1)17-9-25-41(37)47-31-49(43-27-11-19-35-15-3-7-23-39(35)43)53-51-45(47)29-30-46-48(42-26-10-18-34-14-2-6-22-38(34)42)32-50(54-52(46)51)44-28-12-20-36-16-4-8-24-40(36)44/h1-32H. The van der Waals surface area contributed by atoms with Crippen LogP contribution in [0.25, 0.3) is 110 Å².